The van der Waals surface area contributed by atoms with Crippen molar-refractivity contribution in [3.63, 3.8) is 0 Å². The molecule has 0 aliphatic carbocycles. The highest BCUT2D eigenvalue weighted by molar-refractivity contribution is 7.92. The van der Waals surface area contributed by atoms with Gasteiger partial charge in [-0.1, -0.05) is 41.9 Å². The predicted octanol–water partition coefficient (Wildman–Crippen LogP) is 4.99. The van der Waals surface area contributed by atoms with Crippen LogP contribution in [0.25, 0.3) is 0 Å². The molecule has 0 aliphatic heterocycles. The molecule has 0 unspecified atom stereocenters. The summed E-state index contributed by atoms with van der Waals surface area (Å²) in [6.07, 6.45) is 0. The van der Waals surface area contributed by atoms with Crippen molar-refractivity contribution in [3.05, 3.63) is 83.4 Å². The van der Waals surface area contributed by atoms with Crippen LogP contribution in [-0.4, -0.2) is 32.1 Å². The van der Waals surface area contributed by atoms with Crippen LogP contribution in [0.2, 0.25) is 5.02 Å². The maximum Gasteiger partial charge on any atom is 0.341 e. The van der Waals surface area contributed by atoms with Crippen LogP contribution in [0.3, 0.4) is 0 Å². The Morgan fingerprint density at radius 2 is 1.67 bits per heavy atom. The molecule has 0 aromatic heterocycles. The molecule has 174 valence electrons. The first kappa shape index (κ1) is 24.4. The zero-order valence-corrected chi connectivity index (χ0v) is 19.7. The summed E-state index contributed by atoms with van der Waals surface area (Å²) in [4.78, 5) is 10.8. The lowest BCUT2D eigenvalue weighted by Gasteiger charge is -2.30. The number of ether oxygens (including phenoxy) is 2. The summed E-state index contributed by atoms with van der Waals surface area (Å²) >= 11 is 6.18. The van der Waals surface area contributed by atoms with Crippen LogP contribution < -0.4 is 13.8 Å². The molecule has 0 bridgehead atoms. The number of benzene rings is 3. The molecule has 9 heteroatoms. The van der Waals surface area contributed by atoms with Crippen LogP contribution in [-0.2, 0) is 21.4 Å². The van der Waals surface area contributed by atoms with E-state index < -0.39 is 22.6 Å². The highest BCUT2D eigenvalue weighted by Crippen LogP contribution is 2.36. The van der Waals surface area contributed by atoms with E-state index in [-0.39, 0.29) is 17.5 Å². The summed E-state index contributed by atoms with van der Waals surface area (Å²) in [6, 6.07) is 19.4. The zero-order valence-electron chi connectivity index (χ0n) is 18.1. The van der Waals surface area contributed by atoms with Crippen LogP contribution in [0.15, 0.2) is 77.7 Å². The first-order valence-corrected chi connectivity index (χ1v) is 12.0. The van der Waals surface area contributed by atoms with Crippen LogP contribution >= 0.6 is 11.6 Å². The van der Waals surface area contributed by atoms with Crippen LogP contribution in [0, 0.1) is 0 Å². The number of hydrogen-bond acceptors (Lipinski definition) is 5. The second-order valence-corrected chi connectivity index (χ2v) is 9.69. The van der Waals surface area contributed by atoms with Gasteiger partial charge in [0.25, 0.3) is 10.0 Å². The van der Waals surface area contributed by atoms with Gasteiger partial charge in [0.2, 0.25) is 0 Å². The topological polar surface area (TPSA) is 93.1 Å². The number of anilines is 1. The van der Waals surface area contributed by atoms with Crippen molar-refractivity contribution in [1.29, 1.82) is 0 Å². The van der Waals surface area contributed by atoms with Crippen molar-refractivity contribution < 1.29 is 27.8 Å². The Bertz CT molecular complexity index is 1200. The molecular formula is C24H24ClNO6S. The fourth-order valence-electron chi connectivity index (χ4n) is 3.16. The average molecular weight is 490 g/mol. The number of rotatable bonds is 10. The summed E-state index contributed by atoms with van der Waals surface area (Å²) in [7, 11) is -3.84. The molecule has 33 heavy (non-hydrogen) atoms. The molecule has 3 rings (SSSR count). The molecule has 0 aliphatic rings. The largest absolute Gasteiger partial charge is 0.487 e. The Balaban J connectivity index is 1.87. The van der Waals surface area contributed by atoms with E-state index in [1.807, 2.05) is 0 Å². The van der Waals surface area contributed by atoms with Gasteiger partial charge >= 0.3 is 5.97 Å². The molecule has 0 radical (unpaired) electrons. The SMILES string of the molecule is CC(C)N(c1ccc(Cl)cc1OCc1ccc(OCC(=O)O)cc1)S(=O)(=O)c1ccccc1. The van der Waals surface area contributed by atoms with Crippen LogP contribution in [0.4, 0.5) is 5.69 Å². The molecule has 0 saturated heterocycles. The first-order valence-electron chi connectivity index (χ1n) is 10.1. The molecule has 0 fully saturated rings. The van der Waals surface area contributed by atoms with Crippen molar-refractivity contribution in [2.75, 3.05) is 10.9 Å². The van der Waals surface area contributed by atoms with Gasteiger partial charge < -0.3 is 14.6 Å². The van der Waals surface area contributed by atoms with E-state index in [0.717, 1.165) is 5.56 Å². The molecule has 0 atom stereocenters. The third-order valence-electron chi connectivity index (χ3n) is 4.61. The van der Waals surface area contributed by atoms with Gasteiger partial charge in [0.1, 0.15) is 18.1 Å². The van der Waals surface area contributed by atoms with Gasteiger partial charge in [-0.2, -0.15) is 0 Å². The molecule has 7 nitrogen and oxygen atoms in total. The number of halogens is 1. The van der Waals surface area contributed by atoms with E-state index in [1.54, 1.807) is 86.6 Å². The monoisotopic (exact) mass is 489 g/mol. The fraction of sp³-hybridized carbons (Fsp3) is 0.208. The number of sulfonamides is 1. The van der Waals surface area contributed by atoms with E-state index in [4.69, 9.17) is 26.2 Å². The van der Waals surface area contributed by atoms with E-state index in [1.165, 1.54) is 4.31 Å². The van der Waals surface area contributed by atoms with Gasteiger partial charge in [-0.15, -0.1) is 0 Å². The van der Waals surface area contributed by atoms with Gasteiger partial charge in [-0.25, -0.2) is 13.2 Å². The summed E-state index contributed by atoms with van der Waals surface area (Å²) < 4.78 is 39.2. The van der Waals surface area contributed by atoms with E-state index in [2.05, 4.69) is 0 Å². The minimum absolute atomic E-state index is 0.143. The molecule has 0 spiro atoms. The third kappa shape index (κ3) is 6.18. The summed E-state index contributed by atoms with van der Waals surface area (Å²) in [5.74, 6) is -0.317. The number of nitrogens with zero attached hydrogens (tertiary/aromatic N) is 1. The quantitative estimate of drug-likeness (QED) is 0.431. The maximum absolute atomic E-state index is 13.4. The number of carboxylic acids is 1. The van der Waals surface area contributed by atoms with Crippen molar-refractivity contribution in [3.8, 4) is 11.5 Å². The molecule has 0 amide bonds. The molecule has 1 N–H and O–H groups in total. The van der Waals surface area contributed by atoms with Crippen molar-refractivity contribution in [2.45, 2.75) is 31.4 Å². The molecule has 0 heterocycles. The minimum atomic E-state index is -3.84. The molecular weight excluding hydrogens is 466 g/mol. The normalized spacial score (nSPS) is 11.3. The zero-order chi connectivity index (χ0) is 24.0. The minimum Gasteiger partial charge on any atom is -0.487 e. The number of carbonyl (C=O) groups is 1. The average Bonchev–Trinajstić information content (AvgIpc) is 2.78. The Morgan fingerprint density at radius 3 is 2.27 bits per heavy atom. The Hall–Kier alpha value is -3.23. The Morgan fingerprint density at radius 1 is 1.00 bits per heavy atom. The van der Waals surface area contributed by atoms with Gasteiger partial charge in [0.15, 0.2) is 6.61 Å². The van der Waals surface area contributed by atoms with Crippen LogP contribution in [0.1, 0.15) is 19.4 Å². The lowest BCUT2D eigenvalue weighted by Crippen LogP contribution is -2.37. The standard InChI is InChI=1S/C24H24ClNO6S/c1-17(2)26(33(29,30)21-6-4-3-5-7-21)22-13-10-19(25)14-23(22)32-15-18-8-11-20(12-9-18)31-16-24(27)28/h3-14,17H,15-16H2,1-2H3,(H,27,28). The van der Waals surface area contributed by atoms with Gasteiger partial charge in [0, 0.05) is 17.1 Å². The highest BCUT2D eigenvalue weighted by Gasteiger charge is 2.29. The van der Waals surface area contributed by atoms with Gasteiger partial charge in [-0.05, 0) is 55.8 Å². The lowest BCUT2D eigenvalue weighted by molar-refractivity contribution is -0.139. The van der Waals surface area contributed by atoms with Gasteiger partial charge in [-0.3, -0.25) is 4.31 Å². The Labute approximate surface area is 198 Å². The highest BCUT2D eigenvalue weighted by atomic mass is 35.5. The second-order valence-electron chi connectivity index (χ2n) is 7.43. The van der Waals surface area contributed by atoms with Crippen molar-refractivity contribution >= 4 is 33.3 Å². The van der Waals surface area contributed by atoms with Crippen molar-refractivity contribution in [2.24, 2.45) is 0 Å². The van der Waals surface area contributed by atoms with E-state index >= 15 is 0 Å². The molecule has 0 saturated carbocycles. The number of aliphatic carboxylic acids is 1. The van der Waals surface area contributed by atoms with Gasteiger partial charge in [0.05, 0.1) is 10.6 Å². The third-order valence-corrected chi connectivity index (χ3v) is 6.85. The molecule has 3 aromatic carbocycles. The van der Waals surface area contributed by atoms with Crippen molar-refractivity contribution in [1.82, 2.24) is 0 Å². The predicted molar refractivity (Wildman–Crippen MR) is 127 cm³/mol. The van der Waals surface area contributed by atoms with E-state index in [9.17, 15) is 13.2 Å². The fourth-order valence-corrected chi connectivity index (χ4v) is 5.02. The summed E-state index contributed by atoms with van der Waals surface area (Å²) in [6.45, 7) is 3.29. The summed E-state index contributed by atoms with van der Waals surface area (Å²) in [5.41, 5.74) is 1.16. The number of carboxylic acid groups (broad SMARTS) is 1. The Kier molecular flexibility index (Phi) is 7.84. The smallest absolute Gasteiger partial charge is 0.341 e. The van der Waals surface area contributed by atoms with Crippen LogP contribution in [0.5, 0.6) is 11.5 Å². The molecule has 3 aromatic rings. The maximum atomic E-state index is 13.4. The summed E-state index contributed by atoms with van der Waals surface area (Å²) in [5, 5.41) is 9.11. The lowest BCUT2D eigenvalue weighted by atomic mass is 10.2. The second kappa shape index (κ2) is 10.6. The number of hydrogen-bond donors (Lipinski definition) is 1. The van der Waals surface area contributed by atoms with E-state index in [0.29, 0.717) is 22.2 Å². The first-order chi connectivity index (χ1) is 15.7.